The van der Waals surface area contributed by atoms with E-state index in [-0.39, 0.29) is 11.8 Å². The highest BCUT2D eigenvalue weighted by atomic mass is 16.7. The van der Waals surface area contributed by atoms with E-state index in [0.29, 0.717) is 48.1 Å². The summed E-state index contributed by atoms with van der Waals surface area (Å²) in [5, 5.41) is 6.57. The van der Waals surface area contributed by atoms with E-state index < -0.39 is 5.97 Å². The monoisotopic (exact) mass is 488 g/mol. The van der Waals surface area contributed by atoms with Gasteiger partial charge < -0.3 is 19.8 Å². The number of carbonyl (C=O) groups excluding carboxylic acids is 3. The summed E-state index contributed by atoms with van der Waals surface area (Å²) in [5.74, 6) is 0.232. The molecule has 4 rings (SSSR count). The normalized spacial score (nSPS) is 13.0. The van der Waals surface area contributed by atoms with Crippen molar-refractivity contribution in [2.75, 3.05) is 11.9 Å². The maximum Gasteiger partial charge on any atom is 0.331 e. The van der Waals surface area contributed by atoms with E-state index in [1.165, 1.54) is 19.3 Å². The van der Waals surface area contributed by atoms with Gasteiger partial charge in [-0.25, -0.2) is 4.79 Å². The second kappa shape index (κ2) is 11.6. The molecule has 3 aromatic rings. The van der Waals surface area contributed by atoms with Gasteiger partial charge in [0.2, 0.25) is 5.91 Å². The lowest BCUT2D eigenvalue weighted by Gasteiger charge is -2.19. The van der Waals surface area contributed by atoms with Crippen LogP contribution in [0.15, 0.2) is 66.0 Å². The van der Waals surface area contributed by atoms with Gasteiger partial charge in [-0.1, -0.05) is 6.07 Å². The zero-order valence-corrected chi connectivity index (χ0v) is 19.5. The van der Waals surface area contributed by atoms with Crippen molar-refractivity contribution in [3.8, 4) is 11.5 Å². The number of hydrazone groups is 1. The first kappa shape index (κ1) is 24.3. The molecule has 0 unspecified atom stereocenters. The molecule has 3 heterocycles. The molecule has 184 valence electrons. The lowest BCUT2D eigenvalue weighted by Crippen LogP contribution is -2.24. The average molecular weight is 489 g/mol. The van der Waals surface area contributed by atoms with Crippen LogP contribution < -0.4 is 15.6 Å². The third-order valence-corrected chi connectivity index (χ3v) is 5.17. The Labute approximate surface area is 207 Å². The highest BCUT2D eigenvalue weighted by Crippen LogP contribution is 2.30. The van der Waals surface area contributed by atoms with Crippen LogP contribution in [0.2, 0.25) is 0 Å². The van der Waals surface area contributed by atoms with Gasteiger partial charge in [-0.2, -0.15) is 5.10 Å². The zero-order valence-electron chi connectivity index (χ0n) is 19.5. The van der Waals surface area contributed by atoms with E-state index in [2.05, 4.69) is 30.8 Å². The molecule has 0 bridgehead atoms. The number of aromatic nitrogens is 2. The molecular weight excluding hydrogens is 464 g/mol. The van der Waals surface area contributed by atoms with Gasteiger partial charge in [0, 0.05) is 43.9 Å². The molecule has 1 aromatic carbocycles. The molecule has 1 aliphatic heterocycles. The van der Waals surface area contributed by atoms with Gasteiger partial charge >= 0.3 is 5.97 Å². The number of benzene rings is 1. The van der Waals surface area contributed by atoms with Crippen LogP contribution in [0.1, 0.15) is 41.5 Å². The van der Waals surface area contributed by atoms with Crippen molar-refractivity contribution in [1.29, 1.82) is 0 Å². The number of rotatable bonds is 9. The van der Waals surface area contributed by atoms with Gasteiger partial charge in [-0.3, -0.25) is 19.6 Å². The summed E-state index contributed by atoms with van der Waals surface area (Å²) in [5.41, 5.74) is 4.25. The van der Waals surface area contributed by atoms with E-state index in [1.54, 1.807) is 59.6 Å². The Morgan fingerprint density at radius 3 is 2.75 bits per heavy atom. The number of anilines is 1. The van der Waals surface area contributed by atoms with Crippen molar-refractivity contribution in [1.82, 2.24) is 20.5 Å². The Bertz CT molecular complexity index is 1260. The molecule has 0 saturated carbocycles. The Balaban J connectivity index is 1.50. The molecule has 2 aromatic heterocycles. The van der Waals surface area contributed by atoms with Crippen molar-refractivity contribution in [2.24, 2.45) is 5.10 Å². The zero-order chi connectivity index (χ0) is 25.3. The van der Waals surface area contributed by atoms with Gasteiger partial charge in [0.25, 0.3) is 5.91 Å². The number of likely N-dealkylation sites (tertiary alicyclic amines) is 1. The lowest BCUT2D eigenvalue weighted by molar-refractivity contribution is -0.148. The van der Waals surface area contributed by atoms with E-state index in [1.807, 2.05) is 0 Å². The van der Waals surface area contributed by atoms with E-state index >= 15 is 0 Å². The molecule has 1 saturated heterocycles. The minimum atomic E-state index is -0.516. The summed E-state index contributed by atoms with van der Waals surface area (Å²) in [6.45, 7) is 2.27. The number of ether oxygens (including phenoxy) is 1. The van der Waals surface area contributed by atoms with Crippen molar-refractivity contribution >= 4 is 29.7 Å². The molecule has 11 nitrogen and oxygen atoms in total. The predicted octanol–water partition coefficient (Wildman–Crippen LogP) is 3.05. The average Bonchev–Trinajstić information content (AvgIpc) is 3.29. The van der Waals surface area contributed by atoms with E-state index in [0.717, 1.165) is 12.0 Å². The molecule has 36 heavy (non-hydrogen) atoms. The molecule has 2 N–H and O–H groups in total. The Morgan fingerprint density at radius 2 is 2.06 bits per heavy atom. The van der Waals surface area contributed by atoms with Gasteiger partial charge in [-0.15, -0.1) is 5.59 Å². The summed E-state index contributed by atoms with van der Waals surface area (Å²) in [6, 6.07) is 13.7. The van der Waals surface area contributed by atoms with Crippen LogP contribution in [-0.2, 0) is 21.0 Å². The number of hydrogen-bond acceptors (Lipinski definition) is 9. The molecule has 11 heteroatoms. The summed E-state index contributed by atoms with van der Waals surface area (Å²) < 4.78 is 6.06. The van der Waals surface area contributed by atoms with Crippen LogP contribution >= 0.6 is 0 Å². The SMILES string of the molecule is CC(=O)ON/N=C/c1ccc(Oc2ccc(NC(=O)c3ccccn3)cc2CN2CCCC2=O)cn1. The molecular formula is C25H24N6O5. The van der Waals surface area contributed by atoms with Crippen molar-refractivity contribution in [2.45, 2.75) is 26.3 Å². The Kier molecular flexibility index (Phi) is 7.81. The number of pyridine rings is 2. The smallest absolute Gasteiger partial charge is 0.331 e. The molecule has 2 amide bonds. The van der Waals surface area contributed by atoms with Gasteiger partial charge in [0.1, 0.15) is 17.2 Å². The molecule has 0 spiro atoms. The summed E-state index contributed by atoms with van der Waals surface area (Å²) >= 11 is 0. The molecule has 0 radical (unpaired) electrons. The molecule has 1 aliphatic rings. The number of amides is 2. The summed E-state index contributed by atoms with van der Waals surface area (Å²) in [4.78, 5) is 50.1. The Morgan fingerprint density at radius 1 is 1.17 bits per heavy atom. The third-order valence-electron chi connectivity index (χ3n) is 5.17. The van der Waals surface area contributed by atoms with Crippen LogP contribution in [0.25, 0.3) is 0 Å². The van der Waals surface area contributed by atoms with Crippen molar-refractivity contribution in [3.63, 3.8) is 0 Å². The summed E-state index contributed by atoms with van der Waals surface area (Å²) in [6.07, 6.45) is 5.79. The molecule has 0 aliphatic carbocycles. The fraction of sp³-hybridized carbons (Fsp3) is 0.200. The molecule has 1 fully saturated rings. The molecule has 0 atom stereocenters. The van der Waals surface area contributed by atoms with Gasteiger partial charge in [0.05, 0.1) is 18.1 Å². The van der Waals surface area contributed by atoms with Crippen molar-refractivity contribution in [3.05, 3.63) is 77.9 Å². The first-order chi connectivity index (χ1) is 17.5. The van der Waals surface area contributed by atoms with E-state index in [9.17, 15) is 14.4 Å². The van der Waals surface area contributed by atoms with Crippen LogP contribution in [0.4, 0.5) is 5.69 Å². The topological polar surface area (TPSA) is 135 Å². The third kappa shape index (κ3) is 6.63. The second-order valence-electron chi connectivity index (χ2n) is 7.87. The van der Waals surface area contributed by atoms with Crippen LogP contribution in [0.3, 0.4) is 0 Å². The standard InChI is InChI=1S/C25H24N6O5/c1-17(32)36-30-28-14-20-7-9-21(15-27-20)35-23-10-8-19(29-25(34)22-5-2-3-11-26-22)13-18(23)16-31-12-4-6-24(31)33/h2-3,5,7-11,13-15,30H,4,6,12,16H2,1H3,(H,29,34)/b28-14+. The summed E-state index contributed by atoms with van der Waals surface area (Å²) in [7, 11) is 0. The quantitative estimate of drug-likeness (QED) is 0.347. The van der Waals surface area contributed by atoms with Crippen LogP contribution in [0, 0.1) is 0 Å². The van der Waals surface area contributed by atoms with Crippen LogP contribution in [0.5, 0.6) is 11.5 Å². The van der Waals surface area contributed by atoms with Gasteiger partial charge in [0.15, 0.2) is 0 Å². The fourth-order valence-electron chi connectivity index (χ4n) is 3.49. The van der Waals surface area contributed by atoms with E-state index in [4.69, 9.17) is 4.74 Å². The highest BCUT2D eigenvalue weighted by Gasteiger charge is 2.22. The van der Waals surface area contributed by atoms with Crippen molar-refractivity contribution < 1.29 is 24.0 Å². The predicted molar refractivity (Wildman–Crippen MR) is 130 cm³/mol. The first-order valence-electron chi connectivity index (χ1n) is 11.2. The minimum Gasteiger partial charge on any atom is -0.455 e. The highest BCUT2D eigenvalue weighted by molar-refractivity contribution is 6.02. The second-order valence-corrected chi connectivity index (χ2v) is 7.87. The number of carbonyl (C=O) groups is 3. The first-order valence-corrected chi connectivity index (χ1v) is 11.2. The Hall–Kier alpha value is -4.80. The maximum absolute atomic E-state index is 12.5. The van der Waals surface area contributed by atoms with Crippen LogP contribution in [-0.4, -0.2) is 45.4 Å². The maximum atomic E-state index is 12.5. The number of nitrogens with zero attached hydrogens (tertiary/aromatic N) is 4. The number of nitrogens with one attached hydrogen (secondary N) is 2. The van der Waals surface area contributed by atoms with Gasteiger partial charge in [-0.05, 0) is 48.9 Å². The minimum absolute atomic E-state index is 0.0801. The fourth-order valence-corrected chi connectivity index (χ4v) is 3.49. The lowest BCUT2D eigenvalue weighted by atomic mass is 10.1. The largest absolute Gasteiger partial charge is 0.455 e. The number of hydrogen-bond donors (Lipinski definition) is 2.